The van der Waals surface area contributed by atoms with E-state index in [2.05, 4.69) is 15.3 Å². The minimum atomic E-state index is -4.39. The molecule has 0 spiro atoms. The predicted octanol–water partition coefficient (Wildman–Crippen LogP) is 2.30. The average molecular weight is 284 g/mol. The third-order valence-corrected chi connectivity index (χ3v) is 3.50. The highest BCUT2D eigenvalue weighted by atomic mass is 19.4. The molecule has 0 atom stereocenters. The van der Waals surface area contributed by atoms with Gasteiger partial charge in [-0.15, -0.1) is 0 Å². The van der Waals surface area contributed by atoms with Gasteiger partial charge in [0.05, 0.1) is 11.1 Å². The minimum Gasteiger partial charge on any atom is -0.356 e. The SMILES string of the molecule is Cc1cc2c(C(F)(F)F)cnc(N3CCNCC3)c2[nH]1. The highest BCUT2D eigenvalue weighted by Gasteiger charge is 2.34. The van der Waals surface area contributed by atoms with Crippen LogP contribution < -0.4 is 10.2 Å². The molecule has 3 rings (SSSR count). The van der Waals surface area contributed by atoms with E-state index in [0.29, 0.717) is 17.0 Å². The number of halogens is 3. The van der Waals surface area contributed by atoms with Crippen molar-refractivity contribution < 1.29 is 13.2 Å². The van der Waals surface area contributed by atoms with E-state index in [0.717, 1.165) is 32.4 Å². The lowest BCUT2D eigenvalue weighted by molar-refractivity contribution is -0.136. The monoisotopic (exact) mass is 284 g/mol. The molecule has 108 valence electrons. The van der Waals surface area contributed by atoms with Crippen molar-refractivity contribution in [1.29, 1.82) is 0 Å². The highest BCUT2D eigenvalue weighted by molar-refractivity contribution is 5.92. The third kappa shape index (κ3) is 2.22. The molecule has 1 aliphatic rings. The van der Waals surface area contributed by atoms with Crippen molar-refractivity contribution in [2.75, 3.05) is 31.1 Å². The predicted molar refractivity (Wildman–Crippen MR) is 70.9 cm³/mol. The van der Waals surface area contributed by atoms with Crippen LogP contribution in [0.25, 0.3) is 10.9 Å². The number of hydrogen-bond acceptors (Lipinski definition) is 3. The van der Waals surface area contributed by atoms with E-state index < -0.39 is 11.7 Å². The van der Waals surface area contributed by atoms with Gasteiger partial charge in [0.2, 0.25) is 0 Å². The molecule has 4 nitrogen and oxygen atoms in total. The standard InChI is InChI=1S/C13H15F3N4/c1-8-6-9-10(13(14,15)16)7-18-12(11(9)19-8)20-4-2-17-3-5-20/h6-7,17,19H,2-5H2,1H3. The maximum Gasteiger partial charge on any atom is 0.418 e. The van der Waals surface area contributed by atoms with E-state index in [1.807, 2.05) is 4.90 Å². The number of piperazine rings is 1. The zero-order chi connectivity index (χ0) is 14.3. The van der Waals surface area contributed by atoms with E-state index >= 15 is 0 Å². The molecular formula is C13H15F3N4. The van der Waals surface area contributed by atoms with E-state index in [9.17, 15) is 13.2 Å². The first-order chi connectivity index (χ1) is 9.47. The molecule has 1 aliphatic heterocycles. The van der Waals surface area contributed by atoms with Crippen LogP contribution in [0.3, 0.4) is 0 Å². The smallest absolute Gasteiger partial charge is 0.356 e. The van der Waals surface area contributed by atoms with Gasteiger partial charge in [-0.2, -0.15) is 13.2 Å². The fourth-order valence-corrected chi connectivity index (χ4v) is 2.58. The van der Waals surface area contributed by atoms with Gasteiger partial charge in [0.15, 0.2) is 5.82 Å². The molecule has 0 amide bonds. The molecule has 1 fully saturated rings. The Kier molecular flexibility index (Phi) is 3.08. The summed E-state index contributed by atoms with van der Waals surface area (Å²) in [5, 5.41) is 3.41. The van der Waals surface area contributed by atoms with Crippen LogP contribution in [0.4, 0.5) is 19.0 Å². The molecule has 2 N–H and O–H groups in total. The fourth-order valence-electron chi connectivity index (χ4n) is 2.58. The van der Waals surface area contributed by atoms with Crippen LogP contribution in [0.2, 0.25) is 0 Å². The quantitative estimate of drug-likeness (QED) is 0.844. The molecular weight excluding hydrogens is 269 g/mol. The first-order valence-corrected chi connectivity index (χ1v) is 6.48. The summed E-state index contributed by atoms with van der Waals surface area (Å²) < 4.78 is 39.1. The Hall–Kier alpha value is -1.76. The summed E-state index contributed by atoms with van der Waals surface area (Å²) >= 11 is 0. The number of nitrogens with one attached hydrogen (secondary N) is 2. The van der Waals surface area contributed by atoms with Crippen molar-refractivity contribution in [3.05, 3.63) is 23.5 Å². The van der Waals surface area contributed by atoms with Crippen LogP contribution in [0.15, 0.2) is 12.3 Å². The van der Waals surface area contributed by atoms with Gasteiger partial charge in [0.25, 0.3) is 0 Å². The Morgan fingerprint density at radius 1 is 1.25 bits per heavy atom. The van der Waals surface area contributed by atoms with Gasteiger partial charge in [-0.05, 0) is 13.0 Å². The number of anilines is 1. The van der Waals surface area contributed by atoms with Gasteiger partial charge in [0.1, 0.15) is 0 Å². The second-order valence-corrected chi connectivity index (χ2v) is 4.97. The maximum atomic E-state index is 13.0. The van der Waals surface area contributed by atoms with Gasteiger partial charge in [0, 0.05) is 43.5 Å². The zero-order valence-corrected chi connectivity index (χ0v) is 11.0. The molecule has 0 aromatic carbocycles. The number of alkyl halides is 3. The molecule has 0 bridgehead atoms. The van der Waals surface area contributed by atoms with E-state index in [-0.39, 0.29) is 5.39 Å². The van der Waals surface area contributed by atoms with Gasteiger partial charge in [-0.1, -0.05) is 0 Å². The van der Waals surface area contributed by atoms with Crippen LogP contribution in [0.5, 0.6) is 0 Å². The molecule has 20 heavy (non-hydrogen) atoms. The van der Waals surface area contributed by atoms with Gasteiger partial charge in [-0.25, -0.2) is 4.98 Å². The van der Waals surface area contributed by atoms with Crippen molar-refractivity contribution in [3.63, 3.8) is 0 Å². The second-order valence-electron chi connectivity index (χ2n) is 4.97. The number of H-pyrrole nitrogens is 1. The van der Waals surface area contributed by atoms with Gasteiger partial charge < -0.3 is 15.2 Å². The summed E-state index contributed by atoms with van der Waals surface area (Å²) in [6.45, 7) is 4.85. The molecule has 3 heterocycles. The average Bonchev–Trinajstić information content (AvgIpc) is 2.78. The summed E-state index contributed by atoms with van der Waals surface area (Å²) in [6.07, 6.45) is -3.45. The van der Waals surface area contributed by atoms with E-state index in [4.69, 9.17) is 0 Å². The van der Waals surface area contributed by atoms with E-state index in [1.54, 1.807) is 6.92 Å². The van der Waals surface area contributed by atoms with Gasteiger partial charge >= 0.3 is 6.18 Å². The highest BCUT2D eigenvalue weighted by Crippen LogP contribution is 2.37. The Morgan fingerprint density at radius 3 is 2.60 bits per heavy atom. The molecule has 2 aromatic rings. The van der Waals surface area contributed by atoms with Crippen LogP contribution in [-0.4, -0.2) is 36.1 Å². The molecule has 1 saturated heterocycles. The molecule has 0 unspecified atom stereocenters. The Balaban J connectivity index is 2.15. The number of pyridine rings is 1. The number of rotatable bonds is 1. The van der Waals surface area contributed by atoms with Crippen LogP contribution in [-0.2, 0) is 6.18 Å². The van der Waals surface area contributed by atoms with Crippen molar-refractivity contribution in [2.24, 2.45) is 0 Å². The first-order valence-electron chi connectivity index (χ1n) is 6.48. The van der Waals surface area contributed by atoms with Gasteiger partial charge in [-0.3, -0.25) is 0 Å². The Bertz CT molecular complexity index is 626. The normalized spacial score (nSPS) is 16.9. The third-order valence-electron chi connectivity index (χ3n) is 3.50. The summed E-state index contributed by atoms with van der Waals surface area (Å²) in [5.74, 6) is 0.600. The lowest BCUT2D eigenvalue weighted by atomic mass is 10.1. The zero-order valence-electron chi connectivity index (χ0n) is 11.0. The van der Waals surface area contributed by atoms with E-state index in [1.165, 1.54) is 6.07 Å². The van der Waals surface area contributed by atoms with Crippen LogP contribution >= 0.6 is 0 Å². The number of aromatic amines is 1. The number of hydrogen-bond donors (Lipinski definition) is 2. The van der Waals surface area contributed by atoms with Crippen molar-refractivity contribution >= 4 is 16.7 Å². The first kappa shape index (κ1) is 13.2. The molecule has 2 aromatic heterocycles. The topological polar surface area (TPSA) is 44.0 Å². The summed E-state index contributed by atoms with van der Waals surface area (Å²) in [4.78, 5) is 9.08. The van der Waals surface area contributed by atoms with Crippen LogP contribution in [0, 0.1) is 6.92 Å². The largest absolute Gasteiger partial charge is 0.418 e. The summed E-state index contributed by atoms with van der Waals surface area (Å²) in [6, 6.07) is 1.53. The van der Waals surface area contributed by atoms with Crippen LogP contribution in [0.1, 0.15) is 11.3 Å². The molecule has 0 radical (unpaired) electrons. The Labute approximate surface area is 114 Å². The molecule has 0 saturated carbocycles. The van der Waals surface area contributed by atoms with Crippen molar-refractivity contribution in [2.45, 2.75) is 13.1 Å². The second kappa shape index (κ2) is 4.66. The number of aryl methyl sites for hydroxylation is 1. The molecule has 0 aliphatic carbocycles. The lowest BCUT2D eigenvalue weighted by Gasteiger charge is -2.29. The summed E-state index contributed by atoms with van der Waals surface area (Å²) in [5.41, 5.74) is 0.491. The van der Waals surface area contributed by atoms with Crippen molar-refractivity contribution in [1.82, 2.24) is 15.3 Å². The maximum absolute atomic E-state index is 13.0. The van der Waals surface area contributed by atoms with Crippen molar-refractivity contribution in [3.8, 4) is 0 Å². The number of nitrogens with zero attached hydrogens (tertiary/aromatic N) is 2. The molecule has 7 heteroatoms. The summed E-state index contributed by atoms with van der Waals surface area (Å²) in [7, 11) is 0. The number of aromatic nitrogens is 2. The fraction of sp³-hybridized carbons (Fsp3) is 0.462. The number of fused-ring (bicyclic) bond motifs is 1. The minimum absolute atomic E-state index is 0.193. The Morgan fingerprint density at radius 2 is 1.95 bits per heavy atom. The lowest BCUT2D eigenvalue weighted by Crippen LogP contribution is -2.44.